The topological polar surface area (TPSA) is 114 Å². The van der Waals surface area contributed by atoms with Crippen LogP contribution in [0.2, 0.25) is 0 Å². The number of para-hydroxylation sites is 2. The van der Waals surface area contributed by atoms with Crippen molar-refractivity contribution in [1.82, 2.24) is 0 Å². The molecular weight excluding hydrogens is 521 g/mol. The zero-order chi connectivity index (χ0) is 21.6. The van der Waals surface area contributed by atoms with Gasteiger partial charge in [0.1, 0.15) is 5.75 Å². The largest absolute Gasteiger partial charge is 0.495 e. The Morgan fingerprint density at radius 1 is 0.933 bits per heavy atom. The molecule has 0 bridgehead atoms. The van der Waals surface area contributed by atoms with E-state index in [1.54, 1.807) is 48.5 Å². The Morgan fingerprint density at radius 3 is 2.37 bits per heavy atom. The number of methoxy groups -OCH3 is 1. The van der Waals surface area contributed by atoms with Crippen LogP contribution in [0.4, 0.5) is 17.1 Å². The van der Waals surface area contributed by atoms with Gasteiger partial charge in [0.05, 0.1) is 17.7 Å². The van der Waals surface area contributed by atoms with E-state index in [0.29, 0.717) is 28.4 Å². The second kappa shape index (κ2) is 9.67. The first-order chi connectivity index (χ1) is 14.4. The molecule has 8 nitrogen and oxygen atoms in total. The maximum Gasteiger partial charge on any atom is 0.270 e. The summed E-state index contributed by atoms with van der Waals surface area (Å²) in [6.45, 7) is 0. The summed E-state index contributed by atoms with van der Waals surface area (Å²) in [5.41, 5.74) is 1.73. The van der Waals surface area contributed by atoms with E-state index in [1.165, 1.54) is 31.4 Å². The van der Waals surface area contributed by atoms with Crippen molar-refractivity contribution in [3.8, 4) is 5.75 Å². The van der Waals surface area contributed by atoms with Gasteiger partial charge in [-0.25, -0.2) is 11.5 Å². The maximum atomic E-state index is 12.6. The van der Waals surface area contributed by atoms with Crippen LogP contribution in [0.3, 0.4) is 0 Å². The second-order valence-corrected chi connectivity index (χ2v) is 8.70. The first-order valence-corrected chi connectivity index (χ1v) is 12.1. The van der Waals surface area contributed by atoms with E-state index in [0.717, 1.165) is 0 Å². The van der Waals surface area contributed by atoms with E-state index >= 15 is 0 Å². The van der Waals surface area contributed by atoms with Crippen molar-refractivity contribution in [2.24, 2.45) is 0 Å². The van der Waals surface area contributed by atoms with Gasteiger partial charge in [0.15, 0.2) is 0 Å². The highest BCUT2D eigenvalue weighted by molar-refractivity contribution is 14.1. The lowest BCUT2D eigenvalue weighted by Gasteiger charge is -2.12. The first-order valence-electron chi connectivity index (χ1n) is 8.62. The van der Waals surface area contributed by atoms with Gasteiger partial charge in [-0.05, 0) is 54.6 Å². The molecule has 0 fully saturated rings. The van der Waals surface area contributed by atoms with Gasteiger partial charge in [0, 0.05) is 16.9 Å². The average Bonchev–Trinajstić information content (AvgIpc) is 2.75. The molecule has 0 atom stereocenters. The molecule has 1 amide bonds. The SMILES string of the molecule is COc1ccccc1NS(=O)(=O)c1ccc(NC(=O)c2cccc(NI=O)c2)cc1. The predicted molar refractivity (Wildman–Crippen MR) is 123 cm³/mol. The van der Waals surface area contributed by atoms with Gasteiger partial charge in [0.2, 0.25) is 0 Å². The van der Waals surface area contributed by atoms with Crippen molar-refractivity contribution in [2.45, 2.75) is 4.90 Å². The standard InChI is InChI=1S/C20H18IN3O5S/c1-29-19-8-3-2-7-18(19)24-30(27,28)17-11-9-15(10-12-17)22-20(25)14-5-4-6-16(13-14)23-21-26/h2-13,24H,1H3,(H,22,25)(H,23,26). The number of benzene rings is 3. The quantitative estimate of drug-likeness (QED) is 0.289. The van der Waals surface area contributed by atoms with Crippen LogP contribution in [-0.2, 0) is 13.1 Å². The van der Waals surface area contributed by atoms with Crippen LogP contribution in [0.5, 0.6) is 5.75 Å². The first kappa shape index (κ1) is 21.7. The summed E-state index contributed by atoms with van der Waals surface area (Å²) < 4.78 is 46.4. The normalized spacial score (nSPS) is 10.8. The highest BCUT2D eigenvalue weighted by Gasteiger charge is 2.16. The number of rotatable bonds is 8. The maximum absolute atomic E-state index is 12.6. The van der Waals surface area contributed by atoms with E-state index in [4.69, 9.17) is 4.74 Å². The number of hydrogen-bond acceptors (Lipinski definition) is 5. The summed E-state index contributed by atoms with van der Waals surface area (Å²) in [6, 6.07) is 19.1. The molecule has 30 heavy (non-hydrogen) atoms. The van der Waals surface area contributed by atoms with Gasteiger partial charge in [-0.3, -0.25) is 9.52 Å². The van der Waals surface area contributed by atoms with E-state index in [9.17, 15) is 16.3 Å². The Balaban J connectivity index is 1.73. The highest BCUT2D eigenvalue weighted by atomic mass is 127. The van der Waals surface area contributed by atoms with Gasteiger partial charge in [-0.2, -0.15) is 0 Å². The van der Waals surface area contributed by atoms with Crippen LogP contribution in [-0.4, -0.2) is 21.4 Å². The van der Waals surface area contributed by atoms with Crippen molar-refractivity contribution < 1.29 is 21.0 Å². The van der Waals surface area contributed by atoms with Crippen LogP contribution in [0, 0.1) is 0 Å². The average molecular weight is 539 g/mol. The summed E-state index contributed by atoms with van der Waals surface area (Å²) >= 11 is -1.39. The number of halogens is 1. The highest BCUT2D eigenvalue weighted by Crippen LogP contribution is 2.26. The van der Waals surface area contributed by atoms with Crippen molar-refractivity contribution in [2.75, 3.05) is 20.7 Å². The number of carbonyl (C=O) groups is 1. The van der Waals surface area contributed by atoms with E-state index in [2.05, 4.69) is 13.6 Å². The Kier molecular flexibility index (Phi) is 7.00. The predicted octanol–water partition coefficient (Wildman–Crippen LogP) is 4.39. The number of anilines is 3. The number of amides is 1. The number of sulfonamides is 1. The Bertz CT molecular complexity index is 1170. The van der Waals surface area contributed by atoms with Crippen molar-refractivity contribution in [3.05, 3.63) is 78.4 Å². The zero-order valence-electron chi connectivity index (χ0n) is 15.8. The summed E-state index contributed by atoms with van der Waals surface area (Å²) in [6.07, 6.45) is 0. The fraction of sp³-hybridized carbons (Fsp3) is 0.0500. The van der Waals surface area contributed by atoms with Crippen molar-refractivity contribution in [3.63, 3.8) is 0 Å². The van der Waals surface area contributed by atoms with Crippen LogP contribution >= 0.6 is 21.5 Å². The third-order valence-corrected chi connectivity index (χ3v) is 6.27. The Labute approximate surface area is 184 Å². The van der Waals surface area contributed by atoms with Crippen LogP contribution in [0.15, 0.2) is 77.7 Å². The third kappa shape index (κ3) is 5.33. The van der Waals surface area contributed by atoms with Gasteiger partial charge in [-0.1, -0.05) is 18.2 Å². The minimum absolute atomic E-state index is 0.0389. The monoisotopic (exact) mass is 539 g/mol. The van der Waals surface area contributed by atoms with E-state index < -0.39 is 31.5 Å². The third-order valence-electron chi connectivity index (χ3n) is 4.05. The molecule has 0 aliphatic heterocycles. The number of ether oxygens (including phenoxy) is 1. The lowest BCUT2D eigenvalue weighted by atomic mass is 10.2. The van der Waals surface area contributed by atoms with Crippen LogP contribution in [0.1, 0.15) is 10.4 Å². The molecule has 0 aliphatic carbocycles. The number of hydrogen-bond donors (Lipinski definition) is 3. The molecule has 0 saturated heterocycles. The summed E-state index contributed by atoms with van der Waals surface area (Å²) in [5, 5.41) is 2.70. The summed E-state index contributed by atoms with van der Waals surface area (Å²) in [4.78, 5) is 12.5. The zero-order valence-corrected chi connectivity index (χ0v) is 18.7. The molecule has 3 aromatic carbocycles. The van der Waals surface area contributed by atoms with Crippen LogP contribution < -0.4 is 18.3 Å². The smallest absolute Gasteiger partial charge is 0.270 e. The van der Waals surface area contributed by atoms with Gasteiger partial charge in [-0.15, -0.1) is 0 Å². The molecule has 0 spiro atoms. The molecule has 0 heterocycles. The molecule has 0 aromatic heterocycles. The molecule has 0 saturated carbocycles. The fourth-order valence-corrected chi connectivity index (χ4v) is 4.28. The summed E-state index contributed by atoms with van der Waals surface area (Å²) in [5.74, 6) is 0.0336. The number of carbonyl (C=O) groups excluding carboxylic acids is 1. The van der Waals surface area contributed by atoms with Crippen LogP contribution in [0.25, 0.3) is 0 Å². The Morgan fingerprint density at radius 2 is 1.67 bits per heavy atom. The van der Waals surface area contributed by atoms with Crippen molar-refractivity contribution in [1.29, 1.82) is 0 Å². The molecule has 0 aliphatic rings. The molecule has 0 unspecified atom stereocenters. The lowest BCUT2D eigenvalue weighted by molar-refractivity contribution is 0.102. The minimum Gasteiger partial charge on any atom is -0.495 e. The lowest BCUT2D eigenvalue weighted by Crippen LogP contribution is -2.14. The Hall–Kier alpha value is -2.99. The molecule has 3 N–H and O–H groups in total. The summed E-state index contributed by atoms with van der Waals surface area (Å²) in [7, 11) is -2.38. The van der Waals surface area contributed by atoms with Crippen molar-refractivity contribution >= 4 is 54.5 Å². The van der Waals surface area contributed by atoms with Gasteiger partial charge < -0.3 is 13.6 Å². The molecule has 156 valence electrons. The minimum atomic E-state index is -3.83. The molecule has 3 aromatic rings. The van der Waals surface area contributed by atoms with Gasteiger partial charge >= 0.3 is 0 Å². The number of nitrogens with one attached hydrogen (secondary N) is 3. The fourth-order valence-electron chi connectivity index (χ4n) is 2.62. The second-order valence-electron chi connectivity index (χ2n) is 6.04. The van der Waals surface area contributed by atoms with E-state index in [-0.39, 0.29) is 10.8 Å². The molecule has 0 radical (unpaired) electrons. The molecule has 10 heteroatoms. The van der Waals surface area contributed by atoms with E-state index in [1.807, 2.05) is 0 Å². The van der Waals surface area contributed by atoms with Gasteiger partial charge in [0.25, 0.3) is 37.4 Å². The molecular formula is C20H18IN3O5S. The molecule has 3 rings (SSSR count).